The van der Waals surface area contributed by atoms with E-state index in [4.69, 9.17) is 0 Å². The maximum absolute atomic E-state index is 3.91. The third-order valence-electron chi connectivity index (χ3n) is 4.83. The zero-order chi connectivity index (χ0) is 14.3. The Morgan fingerprint density at radius 3 is 2.05 bits per heavy atom. The van der Waals surface area contributed by atoms with E-state index < -0.39 is 0 Å². The minimum atomic E-state index is 0.609. The summed E-state index contributed by atoms with van der Waals surface area (Å²) in [5, 5.41) is 3.91. The van der Waals surface area contributed by atoms with Gasteiger partial charge in [-0.15, -0.1) is 0 Å². The van der Waals surface area contributed by atoms with Crippen LogP contribution in [0.3, 0.4) is 0 Å². The molecule has 0 aromatic rings. The van der Waals surface area contributed by atoms with Crippen LogP contribution in [0.1, 0.15) is 86.0 Å². The van der Waals surface area contributed by atoms with Crippen LogP contribution in [0.4, 0.5) is 0 Å². The molecule has 1 heteroatoms. The van der Waals surface area contributed by atoms with Crippen LogP contribution >= 0.6 is 0 Å². The second-order valence-corrected chi connectivity index (χ2v) is 7.65. The van der Waals surface area contributed by atoms with Crippen LogP contribution in [0.15, 0.2) is 0 Å². The quantitative estimate of drug-likeness (QED) is 0.590. The maximum Gasteiger partial charge on any atom is 0.0124 e. The van der Waals surface area contributed by atoms with Crippen molar-refractivity contribution in [1.82, 2.24) is 5.32 Å². The summed E-state index contributed by atoms with van der Waals surface area (Å²) in [5.74, 6) is 1.67. The molecule has 0 bridgehead atoms. The van der Waals surface area contributed by atoms with Crippen molar-refractivity contribution in [3.8, 4) is 0 Å². The lowest BCUT2D eigenvalue weighted by Gasteiger charge is -2.40. The van der Waals surface area contributed by atoms with Crippen molar-refractivity contribution in [2.24, 2.45) is 17.3 Å². The number of hydrogen-bond acceptors (Lipinski definition) is 1. The van der Waals surface area contributed by atoms with Crippen molar-refractivity contribution in [3.63, 3.8) is 0 Å². The minimum Gasteiger partial charge on any atom is -0.313 e. The zero-order valence-corrected chi connectivity index (χ0v) is 14.1. The molecule has 114 valence electrons. The standard InChI is InChI=1S/C18H37N/c1-6-13-19-17(10-9-15(2)3)18(14-16(4)5)11-7-8-12-18/h15-17,19H,6-14H2,1-5H3. The Labute approximate surface area is 121 Å². The fraction of sp³-hybridized carbons (Fsp3) is 1.00. The van der Waals surface area contributed by atoms with Crippen molar-refractivity contribution in [3.05, 3.63) is 0 Å². The van der Waals surface area contributed by atoms with Crippen molar-refractivity contribution < 1.29 is 0 Å². The van der Waals surface area contributed by atoms with E-state index in [9.17, 15) is 0 Å². The Morgan fingerprint density at radius 2 is 1.58 bits per heavy atom. The highest BCUT2D eigenvalue weighted by atomic mass is 14.9. The summed E-state index contributed by atoms with van der Waals surface area (Å²) in [7, 11) is 0. The van der Waals surface area contributed by atoms with E-state index >= 15 is 0 Å². The van der Waals surface area contributed by atoms with Crippen molar-refractivity contribution >= 4 is 0 Å². The van der Waals surface area contributed by atoms with Gasteiger partial charge >= 0.3 is 0 Å². The normalized spacial score (nSPS) is 20.4. The molecule has 1 unspecified atom stereocenters. The topological polar surface area (TPSA) is 12.0 Å². The molecular weight excluding hydrogens is 230 g/mol. The van der Waals surface area contributed by atoms with E-state index in [2.05, 4.69) is 39.9 Å². The number of hydrogen-bond donors (Lipinski definition) is 1. The van der Waals surface area contributed by atoms with Crippen molar-refractivity contribution in [1.29, 1.82) is 0 Å². The molecule has 19 heavy (non-hydrogen) atoms. The first kappa shape index (κ1) is 17.0. The molecule has 1 aliphatic carbocycles. The third kappa shape index (κ3) is 5.45. The molecule has 0 aromatic heterocycles. The predicted octanol–water partition coefficient (Wildman–Crippen LogP) is 5.40. The first-order valence-corrected chi connectivity index (χ1v) is 8.73. The van der Waals surface area contributed by atoms with E-state index in [1.807, 2.05) is 0 Å². The highest BCUT2D eigenvalue weighted by Gasteiger charge is 2.40. The lowest BCUT2D eigenvalue weighted by Crippen LogP contribution is -2.45. The summed E-state index contributed by atoms with van der Waals surface area (Å²) >= 11 is 0. The molecule has 0 spiro atoms. The third-order valence-corrected chi connectivity index (χ3v) is 4.83. The summed E-state index contributed by atoms with van der Waals surface area (Å²) in [6, 6.07) is 0.764. The van der Waals surface area contributed by atoms with Gasteiger partial charge in [0.25, 0.3) is 0 Å². The maximum atomic E-state index is 3.91. The number of nitrogens with one attached hydrogen (secondary N) is 1. The highest BCUT2D eigenvalue weighted by Crippen LogP contribution is 2.47. The number of rotatable bonds is 9. The van der Waals surface area contributed by atoms with Crippen LogP contribution in [0.2, 0.25) is 0 Å². The monoisotopic (exact) mass is 267 g/mol. The van der Waals surface area contributed by atoms with Gasteiger partial charge < -0.3 is 5.32 Å². The SMILES string of the molecule is CCCNC(CCC(C)C)C1(CC(C)C)CCCC1. The zero-order valence-electron chi connectivity index (χ0n) is 14.1. The molecule has 1 N–H and O–H groups in total. The molecule has 1 fully saturated rings. The van der Waals surface area contributed by atoms with Gasteiger partial charge in [0.15, 0.2) is 0 Å². The van der Waals surface area contributed by atoms with Gasteiger partial charge in [0.1, 0.15) is 0 Å². The van der Waals surface area contributed by atoms with Crippen LogP contribution in [0, 0.1) is 17.3 Å². The molecule has 1 atom stereocenters. The summed E-state index contributed by atoms with van der Waals surface area (Å²) in [5.41, 5.74) is 0.609. The van der Waals surface area contributed by atoms with Gasteiger partial charge in [-0.3, -0.25) is 0 Å². The average Bonchev–Trinajstić information content (AvgIpc) is 2.77. The Kier molecular flexibility index (Phi) is 7.42. The van der Waals surface area contributed by atoms with Gasteiger partial charge in [-0.05, 0) is 62.3 Å². The van der Waals surface area contributed by atoms with Crippen LogP contribution < -0.4 is 5.32 Å². The van der Waals surface area contributed by atoms with E-state index in [0.29, 0.717) is 5.41 Å². The summed E-state index contributed by atoms with van der Waals surface area (Å²) in [6.45, 7) is 13.0. The van der Waals surface area contributed by atoms with Crippen molar-refractivity contribution in [2.45, 2.75) is 92.0 Å². The smallest absolute Gasteiger partial charge is 0.0124 e. The van der Waals surface area contributed by atoms with Crippen molar-refractivity contribution in [2.75, 3.05) is 6.54 Å². The van der Waals surface area contributed by atoms with Gasteiger partial charge in [0, 0.05) is 6.04 Å². The van der Waals surface area contributed by atoms with Crippen LogP contribution in [-0.4, -0.2) is 12.6 Å². The van der Waals surface area contributed by atoms with Crippen LogP contribution in [0.25, 0.3) is 0 Å². The molecule has 0 saturated heterocycles. The summed E-state index contributed by atoms with van der Waals surface area (Å²) in [6.07, 6.45) is 11.3. The Bertz CT molecular complexity index is 226. The van der Waals surface area contributed by atoms with E-state index in [-0.39, 0.29) is 0 Å². The van der Waals surface area contributed by atoms with Gasteiger partial charge in [0.2, 0.25) is 0 Å². The molecule has 0 aliphatic heterocycles. The van der Waals surface area contributed by atoms with Crippen LogP contribution in [-0.2, 0) is 0 Å². The molecule has 0 amide bonds. The summed E-state index contributed by atoms with van der Waals surface area (Å²) < 4.78 is 0. The summed E-state index contributed by atoms with van der Waals surface area (Å²) in [4.78, 5) is 0. The highest BCUT2D eigenvalue weighted by molar-refractivity contribution is 4.95. The first-order chi connectivity index (χ1) is 9.00. The van der Waals surface area contributed by atoms with Gasteiger partial charge in [-0.25, -0.2) is 0 Å². The first-order valence-electron chi connectivity index (χ1n) is 8.73. The molecular formula is C18H37N. The Balaban J connectivity index is 2.71. The Hall–Kier alpha value is -0.0400. The fourth-order valence-corrected chi connectivity index (χ4v) is 4.03. The van der Waals surface area contributed by atoms with Gasteiger partial charge in [-0.1, -0.05) is 47.5 Å². The molecule has 1 saturated carbocycles. The van der Waals surface area contributed by atoms with Crippen LogP contribution in [0.5, 0.6) is 0 Å². The lowest BCUT2D eigenvalue weighted by atomic mass is 9.70. The van der Waals surface area contributed by atoms with E-state index in [0.717, 1.165) is 17.9 Å². The molecule has 1 aliphatic rings. The second kappa shape index (κ2) is 8.29. The lowest BCUT2D eigenvalue weighted by molar-refractivity contribution is 0.142. The predicted molar refractivity (Wildman–Crippen MR) is 86.5 cm³/mol. The molecule has 0 aromatic carbocycles. The second-order valence-electron chi connectivity index (χ2n) is 7.65. The van der Waals surface area contributed by atoms with E-state index in [1.165, 1.54) is 57.9 Å². The fourth-order valence-electron chi connectivity index (χ4n) is 4.03. The Morgan fingerprint density at radius 1 is 0.947 bits per heavy atom. The largest absolute Gasteiger partial charge is 0.313 e. The van der Waals surface area contributed by atoms with Gasteiger partial charge in [-0.2, -0.15) is 0 Å². The molecule has 1 rings (SSSR count). The molecule has 0 radical (unpaired) electrons. The van der Waals surface area contributed by atoms with E-state index in [1.54, 1.807) is 0 Å². The average molecular weight is 268 g/mol. The minimum absolute atomic E-state index is 0.609. The molecule has 1 nitrogen and oxygen atoms in total. The van der Waals surface area contributed by atoms with Gasteiger partial charge in [0.05, 0.1) is 0 Å². The molecule has 0 heterocycles.